The summed E-state index contributed by atoms with van der Waals surface area (Å²) in [7, 11) is 0. The third kappa shape index (κ3) is 3.31. The van der Waals surface area contributed by atoms with Crippen LogP contribution in [0.2, 0.25) is 0 Å². The molecule has 1 fully saturated rings. The normalized spacial score (nSPS) is 21.0. The average molecular weight is 262 g/mol. The van der Waals surface area contributed by atoms with Crippen molar-refractivity contribution in [2.24, 2.45) is 0 Å². The number of rotatable bonds is 4. The summed E-state index contributed by atoms with van der Waals surface area (Å²) in [5, 5.41) is 4.94. The maximum Gasteiger partial charge on any atom is 0.304 e. The first-order valence-electron chi connectivity index (χ1n) is 5.87. The highest BCUT2D eigenvalue weighted by molar-refractivity contribution is 5.93. The molecular weight excluding hydrogens is 248 g/mol. The Kier molecular flexibility index (Phi) is 3.79. The van der Waals surface area contributed by atoms with E-state index in [0.29, 0.717) is 0 Å². The van der Waals surface area contributed by atoms with Crippen LogP contribution in [0.4, 0.5) is 0 Å². The fourth-order valence-electron chi connectivity index (χ4n) is 1.78. The maximum absolute atomic E-state index is 11.8. The van der Waals surface area contributed by atoms with Crippen LogP contribution in [0.1, 0.15) is 12.5 Å². The molecule has 0 spiro atoms. The van der Waals surface area contributed by atoms with E-state index in [1.807, 2.05) is 30.3 Å². The molecule has 0 bridgehead atoms. The molecule has 6 nitrogen and oxygen atoms in total. The predicted molar refractivity (Wildman–Crippen MR) is 65.8 cm³/mol. The number of carbonyl (C=O) groups is 3. The van der Waals surface area contributed by atoms with E-state index in [1.165, 1.54) is 6.92 Å². The number of carbonyl (C=O) groups excluding carboxylic acids is 3. The Labute approximate surface area is 110 Å². The Morgan fingerprint density at radius 2 is 2.00 bits per heavy atom. The van der Waals surface area contributed by atoms with Gasteiger partial charge in [-0.15, -0.1) is 0 Å². The molecule has 1 aromatic rings. The lowest BCUT2D eigenvalue weighted by Crippen LogP contribution is -2.70. The van der Waals surface area contributed by atoms with Gasteiger partial charge in [0.05, 0.1) is 6.42 Å². The van der Waals surface area contributed by atoms with Gasteiger partial charge in [0.25, 0.3) is 5.91 Å². The topological polar surface area (TPSA) is 84.5 Å². The van der Waals surface area contributed by atoms with Gasteiger partial charge in [-0.05, 0) is 5.56 Å². The van der Waals surface area contributed by atoms with Crippen molar-refractivity contribution >= 4 is 17.8 Å². The van der Waals surface area contributed by atoms with Crippen LogP contribution in [-0.2, 0) is 25.5 Å². The highest BCUT2D eigenvalue weighted by atomic mass is 16.6. The zero-order valence-corrected chi connectivity index (χ0v) is 10.4. The molecule has 2 atom stereocenters. The summed E-state index contributed by atoms with van der Waals surface area (Å²) in [6, 6.07) is 8.37. The lowest BCUT2D eigenvalue weighted by molar-refractivity contribution is -0.164. The van der Waals surface area contributed by atoms with Gasteiger partial charge in [-0.1, -0.05) is 30.3 Å². The minimum Gasteiger partial charge on any atom is -0.439 e. The minimum atomic E-state index is -0.805. The second-order valence-electron chi connectivity index (χ2n) is 4.25. The van der Waals surface area contributed by atoms with Crippen LogP contribution in [0.5, 0.6) is 0 Å². The van der Waals surface area contributed by atoms with Crippen LogP contribution < -0.4 is 10.6 Å². The number of nitrogens with one attached hydrogen (secondary N) is 2. The van der Waals surface area contributed by atoms with Gasteiger partial charge in [0, 0.05) is 6.92 Å². The summed E-state index contributed by atoms with van der Waals surface area (Å²) in [5.74, 6) is -1.15. The molecule has 6 heteroatoms. The summed E-state index contributed by atoms with van der Waals surface area (Å²) < 4.78 is 4.83. The lowest BCUT2D eigenvalue weighted by atomic mass is 10.1. The predicted octanol–water partition coefficient (Wildman–Crippen LogP) is -0.267. The van der Waals surface area contributed by atoms with Gasteiger partial charge in [-0.2, -0.15) is 0 Å². The standard InChI is InChI=1S/C13H14N2O4/c1-8(16)19-13-11(12(18)15-13)14-10(17)7-9-5-3-2-4-6-9/h2-6,11,13H,7H2,1H3,(H,14,17)(H,15,18)/t11-,13-/m1/s1. The molecule has 19 heavy (non-hydrogen) atoms. The lowest BCUT2D eigenvalue weighted by Gasteiger charge is -2.35. The van der Waals surface area contributed by atoms with Crippen molar-refractivity contribution in [1.82, 2.24) is 10.6 Å². The van der Waals surface area contributed by atoms with E-state index in [4.69, 9.17) is 4.74 Å². The summed E-state index contributed by atoms with van der Waals surface area (Å²) in [5.41, 5.74) is 0.851. The van der Waals surface area contributed by atoms with Gasteiger partial charge >= 0.3 is 5.97 Å². The van der Waals surface area contributed by atoms with E-state index in [2.05, 4.69) is 10.6 Å². The van der Waals surface area contributed by atoms with E-state index in [9.17, 15) is 14.4 Å². The van der Waals surface area contributed by atoms with Crippen molar-refractivity contribution in [3.8, 4) is 0 Å². The molecule has 1 aromatic carbocycles. The number of ether oxygens (including phenoxy) is 1. The molecule has 0 aliphatic carbocycles. The van der Waals surface area contributed by atoms with Crippen molar-refractivity contribution in [2.75, 3.05) is 0 Å². The SMILES string of the molecule is CC(=O)O[C@H]1NC(=O)[C@H]1NC(=O)Cc1ccccc1. The van der Waals surface area contributed by atoms with Crippen molar-refractivity contribution in [3.05, 3.63) is 35.9 Å². The maximum atomic E-state index is 11.8. The van der Waals surface area contributed by atoms with Crippen LogP contribution in [0, 0.1) is 0 Å². The molecule has 1 heterocycles. The van der Waals surface area contributed by atoms with Gasteiger partial charge in [-0.25, -0.2) is 0 Å². The Balaban J connectivity index is 1.88. The second kappa shape index (κ2) is 5.51. The van der Waals surface area contributed by atoms with E-state index in [1.54, 1.807) is 0 Å². The molecule has 0 aromatic heterocycles. The molecular formula is C13H14N2O4. The summed E-state index contributed by atoms with van der Waals surface area (Å²) in [6.07, 6.45) is -0.595. The zero-order chi connectivity index (χ0) is 13.8. The number of hydrogen-bond acceptors (Lipinski definition) is 4. The molecule has 1 saturated heterocycles. The van der Waals surface area contributed by atoms with Gasteiger partial charge < -0.3 is 15.4 Å². The molecule has 100 valence electrons. The fourth-order valence-corrected chi connectivity index (χ4v) is 1.78. The first-order chi connectivity index (χ1) is 9.06. The molecule has 0 radical (unpaired) electrons. The third-order valence-corrected chi connectivity index (χ3v) is 2.69. The highest BCUT2D eigenvalue weighted by Gasteiger charge is 2.42. The number of β-lactam (4-membered cyclic amide) rings is 1. The highest BCUT2D eigenvalue weighted by Crippen LogP contribution is 2.09. The monoisotopic (exact) mass is 262 g/mol. The Hall–Kier alpha value is -2.37. The quantitative estimate of drug-likeness (QED) is 0.578. The third-order valence-electron chi connectivity index (χ3n) is 2.69. The molecule has 0 unspecified atom stereocenters. The Bertz CT molecular complexity index is 501. The first kappa shape index (κ1) is 13.1. The van der Waals surface area contributed by atoms with Gasteiger partial charge in [0.15, 0.2) is 6.04 Å². The van der Waals surface area contributed by atoms with E-state index < -0.39 is 18.2 Å². The van der Waals surface area contributed by atoms with Crippen LogP contribution in [-0.4, -0.2) is 30.1 Å². The molecule has 1 aliphatic rings. The number of amides is 2. The molecule has 2 amide bonds. The summed E-state index contributed by atoms with van der Waals surface area (Å²) in [6.45, 7) is 1.24. The number of hydrogen-bond donors (Lipinski definition) is 2. The first-order valence-corrected chi connectivity index (χ1v) is 5.87. The van der Waals surface area contributed by atoms with Crippen LogP contribution >= 0.6 is 0 Å². The Morgan fingerprint density at radius 3 is 2.58 bits per heavy atom. The van der Waals surface area contributed by atoms with E-state index in [-0.39, 0.29) is 18.2 Å². The molecule has 2 rings (SSSR count). The summed E-state index contributed by atoms with van der Waals surface area (Å²) >= 11 is 0. The van der Waals surface area contributed by atoms with Gasteiger partial charge in [-0.3, -0.25) is 14.4 Å². The Morgan fingerprint density at radius 1 is 1.32 bits per heavy atom. The van der Waals surface area contributed by atoms with Crippen LogP contribution in [0.25, 0.3) is 0 Å². The van der Waals surface area contributed by atoms with Gasteiger partial charge in [0.1, 0.15) is 0 Å². The van der Waals surface area contributed by atoms with Crippen molar-refractivity contribution in [1.29, 1.82) is 0 Å². The number of esters is 1. The van der Waals surface area contributed by atoms with Crippen molar-refractivity contribution < 1.29 is 19.1 Å². The van der Waals surface area contributed by atoms with Crippen LogP contribution in [0.15, 0.2) is 30.3 Å². The average Bonchev–Trinajstić information content (AvgIpc) is 2.36. The van der Waals surface area contributed by atoms with Crippen molar-refractivity contribution in [2.45, 2.75) is 25.6 Å². The molecule has 1 aliphatic heterocycles. The summed E-state index contributed by atoms with van der Waals surface area (Å²) in [4.78, 5) is 33.8. The molecule has 0 saturated carbocycles. The van der Waals surface area contributed by atoms with E-state index in [0.717, 1.165) is 5.56 Å². The number of benzene rings is 1. The molecule has 2 N–H and O–H groups in total. The van der Waals surface area contributed by atoms with E-state index >= 15 is 0 Å². The van der Waals surface area contributed by atoms with Crippen LogP contribution in [0.3, 0.4) is 0 Å². The zero-order valence-electron chi connectivity index (χ0n) is 10.4. The fraction of sp³-hybridized carbons (Fsp3) is 0.308. The largest absolute Gasteiger partial charge is 0.439 e. The minimum absolute atomic E-state index is 0.178. The van der Waals surface area contributed by atoms with Gasteiger partial charge in [0.2, 0.25) is 12.1 Å². The van der Waals surface area contributed by atoms with Crippen molar-refractivity contribution in [3.63, 3.8) is 0 Å². The smallest absolute Gasteiger partial charge is 0.304 e. The second-order valence-corrected chi connectivity index (χ2v) is 4.25.